The number of anilines is 1. The molecule has 22 heavy (non-hydrogen) atoms. The van der Waals surface area contributed by atoms with E-state index in [1.807, 2.05) is 30.5 Å². The fourth-order valence-electron chi connectivity index (χ4n) is 2.21. The van der Waals surface area contributed by atoms with Crippen LogP contribution in [0.4, 0.5) is 6.01 Å². The molecule has 0 aliphatic rings. The van der Waals surface area contributed by atoms with E-state index >= 15 is 0 Å². The summed E-state index contributed by atoms with van der Waals surface area (Å²) >= 11 is 0. The smallest absolute Gasteiger partial charge is 0.316 e. The summed E-state index contributed by atoms with van der Waals surface area (Å²) in [7, 11) is 0. The van der Waals surface area contributed by atoms with E-state index in [-0.39, 0.29) is 0 Å². The van der Waals surface area contributed by atoms with Crippen molar-refractivity contribution < 1.29 is 4.42 Å². The standard InChI is InChI=1S/C15H12N6O/c1-2-11-12(9-18-13(11)17-5-1)14-20-21-15(22-14)19-8-10-3-6-16-7-4-10/h1-7,9H,8H2,(H,17,18)(H,19,21). The van der Waals surface area contributed by atoms with Crippen molar-refractivity contribution in [3.05, 3.63) is 54.6 Å². The molecule has 4 rings (SSSR count). The molecule has 0 radical (unpaired) electrons. The van der Waals surface area contributed by atoms with E-state index in [4.69, 9.17) is 4.42 Å². The third kappa shape index (κ3) is 2.28. The van der Waals surface area contributed by atoms with Crippen LogP contribution < -0.4 is 5.32 Å². The van der Waals surface area contributed by atoms with Crippen molar-refractivity contribution in [3.63, 3.8) is 0 Å². The molecule has 2 N–H and O–H groups in total. The average molecular weight is 292 g/mol. The van der Waals surface area contributed by atoms with Crippen molar-refractivity contribution in [2.24, 2.45) is 0 Å². The van der Waals surface area contributed by atoms with Gasteiger partial charge < -0.3 is 14.7 Å². The molecule has 0 aliphatic carbocycles. The largest absolute Gasteiger partial charge is 0.403 e. The minimum atomic E-state index is 0.380. The molecule has 0 atom stereocenters. The molecule has 0 spiro atoms. The molecule has 4 aromatic rings. The van der Waals surface area contributed by atoms with Crippen LogP contribution in [0.25, 0.3) is 22.5 Å². The third-order valence-electron chi connectivity index (χ3n) is 3.30. The SMILES string of the molecule is c1cnc2[nH]cc(-c3nnc(NCc4ccncc4)o3)c2c1. The highest BCUT2D eigenvalue weighted by Crippen LogP contribution is 2.27. The summed E-state index contributed by atoms with van der Waals surface area (Å²) in [5.41, 5.74) is 2.72. The highest BCUT2D eigenvalue weighted by molar-refractivity contribution is 5.90. The molecule has 0 unspecified atom stereocenters. The average Bonchev–Trinajstić information content (AvgIpc) is 3.20. The maximum absolute atomic E-state index is 5.66. The lowest BCUT2D eigenvalue weighted by molar-refractivity contribution is 0.581. The molecule has 0 fully saturated rings. The Bertz CT molecular complexity index is 898. The monoisotopic (exact) mass is 292 g/mol. The van der Waals surface area contributed by atoms with Gasteiger partial charge in [-0.25, -0.2) is 4.98 Å². The second-order valence-electron chi connectivity index (χ2n) is 4.72. The molecule has 0 amide bonds. The van der Waals surface area contributed by atoms with Crippen LogP contribution in [-0.4, -0.2) is 25.1 Å². The molecular weight excluding hydrogens is 280 g/mol. The Morgan fingerprint density at radius 3 is 2.91 bits per heavy atom. The molecule has 4 heterocycles. The highest BCUT2D eigenvalue weighted by atomic mass is 16.4. The molecule has 0 saturated carbocycles. The summed E-state index contributed by atoms with van der Waals surface area (Å²) in [6.07, 6.45) is 7.04. The lowest BCUT2D eigenvalue weighted by Crippen LogP contribution is -1.99. The number of pyridine rings is 2. The number of hydrogen-bond donors (Lipinski definition) is 2. The molecule has 0 aliphatic heterocycles. The van der Waals surface area contributed by atoms with Crippen molar-refractivity contribution in [1.82, 2.24) is 25.1 Å². The molecule has 0 saturated heterocycles. The van der Waals surface area contributed by atoms with Crippen LogP contribution in [0.2, 0.25) is 0 Å². The fraction of sp³-hybridized carbons (Fsp3) is 0.0667. The van der Waals surface area contributed by atoms with Crippen LogP contribution in [0.15, 0.2) is 53.5 Å². The van der Waals surface area contributed by atoms with Gasteiger partial charge in [0.15, 0.2) is 0 Å². The van der Waals surface area contributed by atoms with Crippen LogP contribution in [0.3, 0.4) is 0 Å². The van der Waals surface area contributed by atoms with Gasteiger partial charge in [0.1, 0.15) is 5.65 Å². The van der Waals surface area contributed by atoms with E-state index in [1.165, 1.54) is 0 Å². The first-order chi connectivity index (χ1) is 10.9. The van der Waals surface area contributed by atoms with Gasteiger partial charge in [-0.3, -0.25) is 4.98 Å². The van der Waals surface area contributed by atoms with E-state index in [9.17, 15) is 0 Å². The van der Waals surface area contributed by atoms with Gasteiger partial charge in [-0.15, -0.1) is 5.10 Å². The van der Waals surface area contributed by atoms with Gasteiger partial charge >= 0.3 is 6.01 Å². The van der Waals surface area contributed by atoms with Gasteiger partial charge in [0, 0.05) is 36.7 Å². The van der Waals surface area contributed by atoms with Gasteiger partial charge in [0.25, 0.3) is 5.89 Å². The molecule has 0 aromatic carbocycles. The lowest BCUT2D eigenvalue weighted by atomic mass is 10.2. The molecule has 7 heteroatoms. The Labute approximate surface area is 125 Å². The van der Waals surface area contributed by atoms with E-state index in [0.29, 0.717) is 18.5 Å². The number of aromatic nitrogens is 5. The first-order valence-corrected chi connectivity index (χ1v) is 6.79. The summed E-state index contributed by atoms with van der Waals surface area (Å²) in [4.78, 5) is 11.3. The highest BCUT2D eigenvalue weighted by Gasteiger charge is 2.13. The van der Waals surface area contributed by atoms with Gasteiger partial charge in [-0.05, 0) is 29.8 Å². The molecular formula is C15H12N6O. The number of aromatic amines is 1. The van der Waals surface area contributed by atoms with E-state index in [2.05, 4.69) is 30.5 Å². The summed E-state index contributed by atoms with van der Waals surface area (Å²) in [5.74, 6) is 0.455. The van der Waals surface area contributed by atoms with E-state index in [0.717, 1.165) is 22.2 Å². The van der Waals surface area contributed by atoms with E-state index < -0.39 is 0 Å². The lowest BCUT2D eigenvalue weighted by Gasteiger charge is -2.00. The zero-order chi connectivity index (χ0) is 14.8. The minimum absolute atomic E-state index is 0.380. The van der Waals surface area contributed by atoms with Crippen molar-refractivity contribution >= 4 is 17.0 Å². The van der Waals surface area contributed by atoms with Gasteiger partial charge in [-0.1, -0.05) is 5.10 Å². The number of rotatable bonds is 4. The summed E-state index contributed by atoms with van der Waals surface area (Å²) in [6, 6.07) is 8.07. The zero-order valence-electron chi connectivity index (χ0n) is 11.5. The normalized spacial score (nSPS) is 10.9. The molecule has 4 aromatic heterocycles. The summed E-state index contributed by atoms with van der Waals surface area (Å²) in [6.45, 7) is 0.597. The molecule has 7 nitrogen and oxygen atoms in total. The Kier molecular flexibility index (Phi) is 3.01. The number of H-pyrrole nitrogens is 1. The van der Waals surface area contributed by atoms with Crippen LogP contribution >= 0.6 is 0 Å². The molecule has 0 bridgehead atoms. The van der Waals surface area contributed by atoms with Gasteiger partial charge in [0.05, 0.1) is 5.56 Å². The van der Waals surface area contributed by atoms with Gasteiger partial charge in [-0.2, -0.15) is 0 Å². The first kappa shape index (κ1) is 12.5. The second kappa shape index (κ2) is 5.28. The van der Waals surface area contributed by atoms with Crippen LogP contribution in [0.1, 0.15) is 5.56 Å². The Morgan fingerprint density at radius 2 is 2.00 bits per heavy atom. The topological polar surface area (TPSA) is 92.5 Å². The number of hydrogen-bond acceptors (Lipinski definition) is 6. The van der Waals surface area contributed by atoms with E-state index in [1.54, 1.807) is 18.6 Å². The van der Waals surface area contributed by atoms with Crippen LogP contribution in [0, 0.1) is 0 Å². The maximum Gasteiger partial charge on any atom is 0.316 e. The quantitative estimate of drug-likeness (QED) is 0.600. The third-order valence-corrected chi connectivity index (χ3v) is 3.30. The first-order valence-electron chi connectivity index (χ1n) is 6.79. The summed E-state index contributed by atoms with van der Waals surface area (Å²) < 4.78 is 5.66. The number of fused-ring (bicyclic) bond motifs is 1. The minimum Gasteiger partial charge on any atom is -0.403 e. The Hall–Kier alpha value is -3.22. The van der Waals surface area contributed by atoms with Crippen molar-refractivity contribution in [2.75, 3.05) is 5.32 Å². The maximum atomic E-state index is 5.66. The van der Waals surface area contributed by atoms with Crippen molar-refractivity contribution in [3.8, 4) is 11.5 Å². The predicted octanol–water partition coefficient (Wildman–Crippen LogP) is 2.62. The zero-order valence-corrected chi connectivity index (χ0v) is 11.5. The second-order valence-corrected chi connectivity index (χ2v) is 4.72. The number of nitrogens with zero attached hydrogens (tertiary/aromatic N) is 4. The Balaban J connectivity index is 1.56. The predicted molar refractivity (Wildman–Crippen MR) is 80.9 cm³/mol. The van der Waals surface area contributed by atoms with Gasteiger partial charge in [0.2, 0.25) is 0 Å². The van der Waals surface area contributed by atoms with Crippen LogP contribution in [0.5, 0.6) is 0 Å². The Morgan fingerprint density at radius 1 is 1.09 bits per heavy atom. The summed E-state index contributed by atoms with van der Waals surface area (Å²) in [5, 5.41) is 12.1. The van der Waals surface area contributed by atoms with Crippen molar-refractivity contribution in [1.29, 1.82) is 0 Å². The molecule has 108 valence electrons. The van der Waals surface area contributed by atoms with Crippen LogP contribution in [-0.2, 0) is 6.54 Å². The number of nitrogens with one attached hydrogen (secondary N) is 2. The van der Waals surface area contributed by atoms with Crippen molar-refractivity contribution in [2.45, 2.75) is 6.54 Å². The fourth-order valence-corrected chi connectivity index (χ4v) is 2.21.